The molecule has 4 heteroatoms. The van der Waals surface area contributed by atoms with E-state index in [4.69, 9.17) is 20.3 Å². The van der Waals surface area contributed by atoms with Gasteiger partial charge < -0.3 is 20.3 Å². The summed E-state index contributed by atoms with van der Waals surface area (Å²) >= 11 is 0. The van der Waals surface area contributed by atoms with Gasteiger partial charge in [0.2, 0.25) is 0 Å². The maximum atomic E-state index is 8.67. The molecule has 0 aromatic heterocycles. The molecule has 0 aliphatic carbocycles. The zero-order chi connectivity index (χ0) is 10.3. The van der Waals surface area contributed by atoms with Crippen molar-refractivity contribution < 1.29 is 14.6 Å². The second-order valence-corrected chi connectivity index (χ2v) is 3.43. The van der Waals surface area contributed by atoms with Crippen LogP contribution in [0, 0.1) is 5.92 Å². The van der Waals surface area contributed by atoms with E-state index >= 15 is 0 Å². The van der Waals surface area contributed by atoms with E-state index in [2.05, 4.69) is 0 Å². The highest BCUT2D eigenvalue weighted by molar-refractivity contribution is 4.85. The number of aliphatic hydroxyl groups excluding tert-OH is 1. The predicted molar refractivity (Wildman–Crippen MR) is 51.5 cm³/mol. The molecule has 0 saturated carbocycles. The van der Waals surface area contributed by atoms with Gasteiger partial charge in [-0.15, -0.1) is 0 Å². The molecule has 0 aliphatic heterocycles. The van der Waals surface area contributed by atoms with Crippen LogP contribution in [0.3, 0.4) is 0 Å². The molecule has 1 atom stereocenters. The van der Waals surface area contributed by atoms with Gasteiger partial charge in [0.05, 0.1) is 19.8 Å². The number of nitrogens with two attached hydrogens (primary N) is 1. The molecule has 4 nitrogen and oxygen atoms in total. The van der Waals surface area contributed by atoms with Gasteiger partial charge in [-0.1, -0.05) is 13.8 Å². The summed E-state index contributed by atoms with van der Waals surface area (Å²) in [4.78, 5) is 0. The Balaban J connectivity index is 4.26. The predicted octanol–water partition coefficient (Wildman–Crippen LogP) is -0.00480. The minimum atomic E-state index is -0.461. The molecule has 0 rings (SSSR count). The lowest BCUT2D eigenvalue weighted by Crippen LogP contribution is -2.49. The van der Waals surface area contributed by atoms with Gasteiger partial charge >= 0.3 is 0 Å². The van der Waals surface area contributed by atoms with Crippen molar-refractivity contribution in [3.05, 3.63) is 0 Å². The first-order chi connectivity index (χ1) is 6.13. The highest BCUT2D eigenvalue weighted by atomic mass is 16.5. The summed E-state index contributed by atoms with van der Waals surface area (Å²) in [6.07, 6.45) is 0. The van der Waals surface area contributed by atoms with E-state index in [1.807, 2.05) is 13.8 Å². The van der Waals surface area contributed by atoms with Gasteiger partial charge in [0, 0.05) is 13.7 Å². The van der Waals surface area contributed by atoms with Crippen LogP contribution in [-0.4, -0.2) is 44.2 Å². The fourth-order valence-corrected chi connectivity index (χ4v) is 1.22. The molecule has 0 aromatic carbocycles. The standard InChI is InChI=1S/C9H21NO3/c1-8(2)9(6-10,7-12-3)13-5-4-11/h8,11H,4-7,10H2,1-3H3. The van der Waals surface area contributed by atoms with Crippen LogP contribution in [-0.2, 0) is 9.47 Å². The fourth-order valence-electron chi connectivity index (χ4n) is 1.22. The maximum Gasteiger partial charge on any atom is 0.106 e. The number of ether oxygens (including phenoxy) is 2. The van der Waals surface area contributed by atoms with E-state index in [1.54, 1.807) is 7.11 Å². The molecule has 0 fully saturated rings. The van der Waals surface area contributed by atoms with Gasteiger partial charge in [-0.2, -0.15) is 0 Å². The quantitative estimate of drug-likeness (QED) is 0.594. The van der Waals surface area contributed by atoms with Gasteiger partial charge in [0.1, 0.15) is 5.60 Å². The lowest BCUT2D eigenvalue weighted by molar-refractivity contribution is -0.117. The number of rotatable bonds is 7. The third kappa shape index (κ3) is 3.60. The second-order valence-electron chi connectivity index (χ2n) is 3.43. The van der Waals surface area contributed by atoms with Crippen molar-refractivity contribution in [1.82, 2.24) is 0 Å². The van der Waals surface area contributed by atoms with Gasteiger partial charge in [0.25, 0.3) is 0 Å². The monoisotopic (exact) mass is 191 g/mol. The average Bonchev–Trinajstić information content (AvgIpc) is 2.12. The van der Waals surface area contributed by atoms with Crippen LogP contribution in [0.5, 0.6) is 0 Å². The molecule has 3 N–H and O–H groups in total. The summed E-state index contributed by atoms with van der Waals surface area (Å²) in [6.45, 7) is 5.24. The second kappa shape index (κ2) is 6.32. The highest BCUT2D eigenvalue weighted by Gasteiger charge is 2.33. The van der Waals surface area contributed by atoms with E-state index in [0.717, 1.165) is 0 Å². The smallest absolute Gasteiger partial charge is 0.106 e. The normalized spacial score (nSPS) is 16.2. The van der Waals surface area contributed by atoms with Gasteiger partial charge in [0.15, 0.2) is 0 Å². The molecule has 0 saturated heterocycles. The molecule has 0 heterocycles. The molecule has 0 aromatic rings. The van der Waals surface area contributed by atoms with Gasteiger partial charge in [-0.3, -0.25) is 0 Å². The highest BCUT2D eigenvalue weighted by Crippen LogP contribution is 2.21. The van der Waals surface area contributed by atoms with Crippen molar-refractivity contribution in [2.24, 2.45) is 11.7 Å². The van der Waals surface area contributed by atoms with Crippen LogP contribution in [0.1, 0.15) is 13.8 Å². The van der Waals surface area contributed by atoms with E-state index < -0.39 is 5.60 Å². The van der Waals surface area contributed by atoms with Crippen molar-refractivity contribution in [2.75, 3.05) is 33.5 Å². The van der Waals surface area contributed by atoms with Crippen LogP contribution in [0.15, 0.2) is 0 Å². The number of methoxy groups -OCH3 is 1. The molecule has 0 amide bonds. The maximum absolute atomic E-state index is 8.67. The minimum Gasteiger partial charge on any atom is -0.394 e. The van der Waals surface area contributed by atoms with Crippen molar-refractivity contribution in [2.45, 2.75) is 19.4 Å². The first kappa shape index (κ1) is 12.8. The summed E-state index contributed by atoms with van der Waals surface area (Å²) < 4.78 is 10.6. The van der Waals surface area contributed by atoms with Crippen LogP contribution in [0.25, 0.3) is 0 Å². The van der Waals surface area contributed by atoms with Crippen LogP contribution in [0.4, 0.5) is 0 Å². The van der Waals surface area contributed by atoms with E-state index in [0.29, 0.717) is 19.8 Å². The van der Waals surface area contributed by atoms with Crippen LogP contribution in [0.2, 0.25) is 0 Å². The topological polar surface area (TPSA) is 64.7 Å². The fraction of sp³-hybridized carbons (Fsp3) is 1.00. The number of hydrogen-bond acceptors (Lipinski definition) is 4. The molecular weight excluding hydrogens is 170 g/mol. The summed E-state index contributed by atoms with van der Waals surface area (Å²) in [7, 11) is 1.62. The molecule has 80 valence electrons. The molecule has 13 heavy (non-hydrogen) atoms. The molecule has 0 aliphatic rings. The van der Waals surface area contributed by atoms with Crippen LogP contribution >= 0.6 is 0 Å². The van der Waals surface area contributed by atoms with Gasteiger partial charge in [-0.25, -0.2) is 0 Å². The number of hydrogen-bond donors (Lipinski definition) is 2. The Hall–Kier alpha value is -0.160. The SMILES string of the molecule is COCC(CN)(OCCO)C(C)C. The molecule has 1 unspecified atom stereocenters. The summed E-state index contributed by atoms with van der Waals surface area (Å²) in [5.41, 5.74) is 5.19. The van der Waals surface area contributed by atoms with Crippen molar-refractivity contribution >= 4 is 0 Å². The van der Waals surface area contributed by atoms with E-state index in [9.17, 15) is 0 Å². The average molecular weight is 191 g/mol. The first-order valence-corrected chi connectivity index (χ1v) is 4.56. The Morgan fingerprint density at radius 3 is 2.38 bits per heavy atom. The lowest BCUT2D eigenvalue weighted by atomic mass is 9.91. The van der Waals surface area contributed by atoms with E-state index in [-0.39, 0.29) is 12.5 Å². The lowest BCUT2D eigenvalue weighted by Gasteiger charge is -2.35. The van der Waals surface area contributed by atoms with E-state index in [1.165, 1.54) is 0 Å². The third-order valence-electron chi connectivity index (χ3n) is 2.27. The number of aliphatic hydroxyl groups is 1. The third-order valence-corrected chi connectivity index (χ3v) is 2.27. The Morgan fingerprint density at radius 1 is 1.46 bits per heavy atom. The largest absolute Gasteiger partial charge is 0.394 e. The Kier molecular flexibility index (Phi) is 6.24. The van der Waals surface area contributed by atoms with Crippen molar-refractivity contribution in [1.29, 1.82) is 0 Å². The Labute approximate surface area is 80.0 Å². The summed E-state index contributed by atoms with van der Waals surface area (Å²) in [5.74, 6) is 0.268. The van der Waals surface area contributed by atoms with Gasteiger partial charge in [-0.05, 0) is 5.92 Å². The molecular formula is C9H21NO3. The zero-order valence-electron chi connectivity index (χ0n) is 8.75. The van der Waals surface area contributed by atoms with Crippen LogP contribution < -0.4 is 5.73 Å². The molecule has 0 bridgehead atoms. The minimum absolute atomic E-state index is 0.0121. The molecule has 0 radical (unpaired) electrons. The molecule has 0 spiro atoms. The van der Waals surface area contributed by atoms with Crippen molar-refractivity contribution in [3.63, 3.8) is 0 Å². The first-order valence-electron chi connectivity index (χ1n) is 4.56. The summed E-state index contributed by atoms with van der Waals surface area (Å²) in [6, 6.07) is 0. The Bertz CT molecular complexity index is 130. The summed E-state index contributed by atoms with van der Waals surface area (Å²) in [5, 5.41) is 8.67. The van der Waals surface area contributed by atoms with Crippen molar-refractivity contribution in [3.8, 4) is 0 Å². The Morgan fingerprint density at radius 2 is 2.08 bits per heavy atom. The zero-order valence-corrected chi connectivity index (χ0v) is 8.75.